The van der Waals surface area contributed by atoms with Gasteiger partial charge in [0.15, 0.2) is 11.5 Å². The molecule has 3 aliphatic heterocycles. The van der Waals surface area contributed by atoms with Gasteiger partial charge in [0.25, 0.3) is 0 Å². The van der Waals surface area contributed by atoms with Gasteiger partial charge in [-0.25, -0.2) is 23.9 Å². The Morgan fingerprint density at radius 2 is 2.00 bits per heavy atom. The number of pyridine rings is 2. The molecule has 0 aliphatic carbocycles. The topological polar surface area (TPSA) is 105 Å². The molecule has 0 bridgehead atoms. The van der Waals surface area contributed by atoms with Crippen LogP contribution in [0.1, 0.15) is 38.4 Å². The van der Waals surface area contributed by atoms with E-state index in [1.54, 1.807) is 39.7 Å². The van der Waals surface area contributed by atoms with Crippen molar-refractivity contribution < 1.29 is 23.5 Å². The average molecular weight is 552 g/mol. The molecule has 3 aromatic rings. The summed E-state index contributed by atoms with van der Waals surface area (Å²) in [4.78, 5) is 40.3. The average Bonchev–Trinajstić information content (AvgIpc) is 3.59. The minimum Gasteiger partial charge on any atom is -0.444 e. The molecule has 1 spiro atoms. The molecule has 1 unspecified atom stereocenters. The van der Waals surface area contributed by atoms with Gasteiger partial charge in [-0.3, -0.25) is 4.90 Å². The summed E-state index contributed by atoms with van der Waals surface area (Å²) in [5, 5.41) is 2.81. The fraction of sp³-hybridized carbons (Fsp3) is 0.500. The summed E-state index contributed by atoms with van der Waals surface area (Å²) in [5.74, 6) is 0.0854. The number of amides is 3. The number of urea groups is 1. The van der Waals surface area contributed by atoms with Gasteiger partial charge in [0, 0.05) is 62.1 Å². The number of anilines is 3. The number of halogens is 1. The summed E-state index contributed by atoms with van der Waals surface area (Å²) in [6.07, 6.45) is 6.16. The molecular weight excluding hydrogens is 517 g/mol. The van der Waals surface area contributed by atoms with E-state index >= 15 is 0 Å². The third kappa shape index (κ3) is 4.91. The first-order valence-electron chi connectivity index (χ1n) is 13.6. The molecule has 2 saturated heterocycles. The van der Waals surface area contributed by atoms with Crippen LogP contribution in [0.2, 0.25) is 0 Å². The Kier molecular flexibility index (Phi) is 6.32. The molecular formula is C28H34FN7O4. The van der Waals surface area contributed by atoms with Crippen LogP contribution >= 0.6 is 0 Å². The second-order valence-electron chi connectivity index (χ2n) is 11.8. The molecule has 0 saturated carbocycles. The summed E-state index contributed by atoms with van der Waals surface area (Å²) < 4.78 is 28.0. The van der Waals surface area contributed by atoms with Gasteiger partial charge in [-0.1, -0.05) is 0 Å². The predicted octanol–water partition coefficient (Wildman–Crippen LogP) is 3.99. The van der Waals surface area contributed by atoms with Gasteiger partial charge in [-0.2, -0.15) is 0 Å². The van der Waals surface area contributed by atoms with Crippen molar-refractivity contribution >= 4 is 35.0 Å². The molecule has 0 radical (unpaired) electrons. The Hall–Kier alpha value is -3.93. The van der Waals surface area contributed by atoms with Crippen LogP contribution in [0.4, 0.5) is 31.2 Å². The first-order chi connectivity index (χ1) is 19.0. The van der Waals surface area contributed by atoms with Gasteiger partial charge in [0.2, 0.25) is 0 Å². The molecule has 3 aromatic heterocycles. The number of carbonyl (C=O) groups is 2. The van der Waals surface area contributed by atoms with E-state index in [-0.39, 0.29) is 17.8 Å². The quantitative estimate of drug-likeness (QED) is 0.514. The minimum absolute atomic E-state index is 0.216. The first-order valence-corrected chi connectivity index (χ1v) is 13.6. The van der Waals surface area contributed by atoms with Gasteiger partial charge in [-0.05, 0) is 46.6 Å². The first kappa shape index (κ1) is 26.3. The number of aryl methyl sites for hydroxylation is 1. The number of nitrogens with one attached hydrogen (secondary N) is 1. The lowest BCUT2D eigenvalue weighted by molar-refractivity contribution is -0.0958. The van der Waals surface area contributed by atoms with Gasteiger partial charge < -0.3 is 29.0 Å². The Morgan fingerprint density at radius 3 is 2.80 bits per heavy atom. The van der Waals surface area contributed by atoms with Gasteiger partial charge in [0.05, 0.1) is 24.5 Å². The number of hydrogen-bond acceptors (Lipinski definition) is 7. The molecule has 212 valence electrons. The van der Waals surface area contributed by atoms with Crippen molar-refractivity contribution in [3.8, 4) is 0 Å². The predicted molar refractivity (Wildman–Crippen MR) is 148 cm³/mol. The molecule has 1 atom stereocenters. The molecule has 12 heteroatoms. The molecule has 6 heterocycles. The molecule has 3 aliphatic rings. The van der Waals surface area contributed by atoms with Crippen molar-refractivity contribution in [2.45, 2.75) is 51.7 Å². The SMILES string of the molecule is Cc1cn2cc(NC(=O)N3CCc4c(N5CCC6(CN(C(=O)OC(C)(C)C)CCO6)C5)ccnc43)cc(F)c2n1. The van der Waals surface area contributed by atoms with E-state index in [1.165, 1.54) is 6.07 Å². The number of morpholine rings is 1. The van der Waals surface area contributed by atoms with E-state index in [2.05, 4.69) is 20.2 Å². The smallest absolute Gasteiger partial charge is 0.410 e. The van der Waals surface area contributed by atoms with Crippen LogP contribution < -0.4 is 15.1 Å². The zero-order valence-electron chi connectivity index (χ0n) is 23.2. The Labute approximate surface area is 231 Å². The van der Waals surface area contributed by atoms with Crippen molar-refractivity contribution in [2.75, 3.05) is 54.4 Å². The molecule has 40 heavy (non-hydrogen) atoms. The lowest BCUT2D eigenvalue weighted by atomic mass is 10.0. The van der Waals surface area contributed by atoms with E-state index < -0.39 is 17.0 Å². The Bertz CT molecular complexity index is 1490. The minimum atomic E-state index is -0.556. The second kappa shape index (κ2) is 9.61. The molecule has 6 rings (SSSR count). The van der Waals surface area contributed by atoms with Crippen LogP contribution in [0.5, 0.6) is 0 Å². The number of fused-ring (bicyclic) bond motifs is 2. The van der Waals surface area contributed by atoms with E-state index in [1.807, 2.05) is 26.8 Å². The number of carbonyl (C=O) groups excluding carboxylic acids is 2. The number of imidazole rings is 1. The monoisotopic (exact) mass is 551 g/mol. The van der Waals surface area contributed by atoms with Crippen LogP contribution in [0.25, 0.3) is 5.65 Å². The summed E-state index contributed by atoms with van der Waals surface area (Å²) in [6.45, 7) is 10.7. The van der Waals surface area contributed by atoms with Crippen molar-refractivity contribution in [2.24, 2.45) is 0 Å². The Balaban J connectivity index is 1.17. The molecule has 2 fully saturated rings. The highest BCUT2D eigenvalue weighted by Gasteiger charge is 2.45. The maximum absolute atomic E-state index is 14.5. The van der Waals surface area contributed by atoms with E-state index in [9.17, 15) is 14.0 Å². The lowest BCUT2D eigenvalue weighted by Gasteiger charge is -2.40. The highest BCUT2D eigenvalue weighted by molar-refractivity contribution is 6.03. The zero-order chi connectivity index (χ0) is 28.2. The third-order valence-corrected chi connectivity index (χ3v) is 7.53. The molecule has 0 aromatic carbocycles. The standard InChI is InChI=1S/C28H34FN7O4/c1-18-14-35-15-19(13-21(29)24(35)31-18)32-25(37)36-9-6-20-22(5-8-30-23(20)36)33-10-7-28(16-33)17-34(11-12-39-28)26(38)40-27(2,3)4/h5,8,13-15H,6-7,9-12,16-17H2,1-4H3,(H,32,37). The van der Waals surface area contributed by atoms with Crippen molar-refractivity contribution in [3.05, 3.63) is 47.8 Å². The maximum atomic E-state index is 14.5. The summed E-state index contributed by atoms with van der Waals surface area (Å²) in [5.41, 5.74) is 2.20. The fourth-order valence-electron chi connectivity index (χ4n) is 5.83. The molecule has 1 N–H and O–H groups in total. The lowest BCUT2D eigenvalue weighted by Crippen LogP contribution is -2.55. The molecule has 11 nitrogen and oxygen atoms in total. The van der Waals surface area contributed by atoms with Gasteiger partial charge >= 0.3 is 12.1 Å². The number of hydrogen-bond donors (Lipinski definition) is 1. The summed E-state index contributed by atoms with van der Waals surface area (Å²) >= 11 is 0. The number of rotatable bonds is 2. The van der Waals surface area contributed by atoms with E-state index in [0.717, 1.165) is 24.2 Å². The van der Waals surface area contributed by atoms with E-state index in [0.29, 0.717) is 56.4 Å². The molecule has 3 amide bonds. The van der Waals surface area contributed by atoms with E-state index in [4.69, 9.17) is 9.47 Å². The normalized spacial score (nSPS) is 20.9. The van der Waals surface area contributed by atoms with Crippen molar-refractivity contribution in [1.29, 1.82) is 0 Å². The van der Waals surface area contributed by atoms with Crippen LogP contribution in [0, 0.1) is 12.7 Å². The summed E-state index contributed by atoms with van der Waals surface area (Å²) in [6, 6.07) is 2.87. The van der Waals surface area contributed by atoms with Crippen LogP contribution in [0.3, 0.4) is 0 Å². The maximum Gasteiger partial charge on any atom is 0.410 e. The Morgan fingerprint density at radius 1 is 1.18 bits per heavy atom. The number of aromatic nitrogens is 3. The van der Waals surface area contributed by atoms with Gasteiger partial charge in [0.1, 0.15) is 17.0 Å². The van der Waals surface area contributed by atoms with Crippen molar-refractivity contribution in [3.63, 3.8) is 0 Å². The highest BCUT2D eigenvalue weighted by atomic mass is 19.1. The van der Waals surface area contributed by atoms with Gasteiger partial charge in [-0.15, -0.1) is 0 Å². The largest absolute Gasteiger partial charge is 0.444 e. The fourth-order valence-corrected chi connectivity index (χ4v) is 5.83. The summed E-state index contributed by atoms with van der Waals surface area (Å²) in [7, 11) is 0. The van der Waals surface area contributed by atoms with Crippen LogP contribution in [-0.4, -0.2) is 81.9 Å². The van der Waals surface area contributed by atoms with Crippen LogP contribution in [-0.2, 0) is 15.9 Å². The zero-order valence-corrected chi connectivity index (χ0v) is 23.2. The third-order valence-electron chi connectivity index (χ3n) is 7.53. The van der Waals surface area contributed by atoms with Crippen molar-refractivity contribution in [1.82, 2.24) is 19.3 Å². The second-order valence-corrected chi connectivity index (χ2v) is 11.8. The highest BCUT2D eigenvalue weighted by Crippen LogP contribution is 2.39. The number of ether oxygens (including phenoxy) is 2. The van der Waals surface area contributed by atoms with Crippen LogP contribution in [0.15, 0.2) is 30.7 Å². The number of nitrogens with zero attached hydrogens (tertiary/aromatic N) is 6.